The van der Waals surface area contributed by atoms with Crippen LogP contribution >= 0.6 is 0 Å². The Labute approximate surface area is 138 Å². The third-order valence-corrected chi connectivity index (χ3v) is 5.63. The number of carbonyl (C=O) groups is 1. The summed E-state index contributed by atoms with van der Waals surface area (Å²) in [6.45, 7) is 2.81. The van der Waals surface area contributed by atoms with E-state index < -0.39 is 0 Å². The summed E-state index contributed by atoms with van der Waals surface area (Å²) in [4.78, 5) is 14.4. The minimum absolute atomic E-state index is 0.0754. The van der Waals surface area contributed by atoms with E-state index >= 15 is 0 Å². The predicted octanol–water partition coefficient (Wildman–Crippen LogP) is 3.01. The van der Waals surface area contributed by atoms with Gasteiger partial charge in [-0.05, 0) is 26.2 Å². The van der Waals surface area contributed by atoms with Crippen molar-refractivity contribution < 1.29 is 9.53 Å². The second-order valence-corrected chi connectivity index (χ2v) is 6.91. The van der Waals surface area contributed by atoms with Crippen molar-refractivity contribution in [3.05, 3.63) is 12.3 Å². The summed E-state index contributed by atoms with van der Waals surface area (Å²) in [5.41, 5.74) is 0.157. The molecule has 1 heterocycles. The van der Waals surface area contributed by atoms with Crippen LogP contribution in [0, 0.1) is 5.41 Å². The fraction of sp³-hybridized carbons (Fsp3) is 0.765. The van der Waals surface area contributed by atoms with Gasteiger partial charge in [-0.15, -0.1) is 0 Å². The standard InChI is InChI=1S/C17H28N4O2/c1-4-23-14-12-13(17(14)9-6-5-7-10-17)21(3)16(22)18-15-8-11-20(2)19-15/h8,11,13-14H,4-7,9-10,12H2,1-3H3,(H,18,19,22)/t13-,14+/m1/s1. The normalized spacial score (nSPS) is 25.9. The van der Waals surface area contributed by atoms with Gasteiger partial charge in [0.1, 0.15) is 0 Å². The number of ether oxygens (including phenoxy) is 1. The molecule has 3 rings (SSSR count). The summed E-state index contributed by atoms with van der Waals surface area (Å²) in [5, 5.41) is 7.11. The molecule has 6 nitrogen and oxygen atoms in total. The highest BCUT2D eigenvalue weighted by Crippen LogP contribution is 2.55. The van der Waals surface area contributed by atoms with Crippen molar-refractivity contribution in [3.8, 4) is 0 Å². The summed E-state index contributed by atoms with van der Waals surface area (Å²) < 4.78 is 7.67. The van der Waals surface area contributed by atoms with E-state index in [0.717, 1.165) is 13.0 Å². The Balaban J connectivity index is 1.68. The van der Waals surface area contributed by atoms with E-state index in [9.17, 15) is 4.79 Å². The quantitative estimate of drug-likeness (QED) is 0.927. The van der Waals surface area contributed by atoms with Crippen molar-refractivity contribution in [1.29, 1.82) is 0 Å². The summed E-state index contributed by atoms with van der Waals surface area (Å²) in [6.07, 6.45) is 9.21. The number of aromatic nitrogens is 2. The van der Waals surface area contributed by atoms with Gasteiger partial charge >= 0.3 is 6.03 Å². The monoisotopic (exact) mass is 320 g/mol. The van der Waals surface area contributed by atoms with Gasteiger partial charge in [-0.3, -0.25) is 10.00 Å². The fourth-order valence-electron chi connectivity index (χ4n) is 4.39. The van der Waals surface area contributed by atoms with Gasteiger partial charge < -0.3 is 9.64 Å². The van der Waals surface area contributed by atoms with Crippen molar-refractivity contribution in [3.63, 3.8) is 0 Å². The molecule has 1 aromatic heterocycles. The van der Waals surface area contributed by atoms with Gasteiger partial charge in [-0.25, -0.2) is 4.79 Å². The highest BCUT2D eigenvalue weighted by Gasteiger charge is 2.57. The van der Waals surface area contributed by atoms with E-state index in [1.165, 1.54) is 32.1 Å². The molecular weight excluding hydrogens is 292 g/mol. The molecule has 6 heteroatoms. The van der Waals surface area contributed by atoms with Crippen LogP contribution in [0.3, 0.4) is 0 Å². The highest BCUT2D eigenvalue weighted by atomic mass is 16.5. The van der Waals surface area contributed by atoms with Crippen LogP contribution in [-0.2, 0) is 11.8 Å². The van der Waals surface area contributed by atoms with Gasteiger partial charge in [0.2, 0.25) is 0 Å². The van der Waals surface area contributed by atoms with Crippen LogP contribution < -0.4 is 5.32 Å². The molecule has 0 aliphatic heterocycles. The molecule has 0 bridgehead atoms. The van der Waals surface area contributed by atoms with E-state index in [1.807, 2.05) is 31.3 Å². The van der Waals surface area contributed by atoms with Crippen molar-refractivity contribution in [1.82, 2.24) is 14.7 Å². The minimum Gasteiger partial charge on any atom is -0.378 e. The summed E-state index contributed by atoms with van der Waals surface area (Å²) in [6, 6.07) is 2.00. The first kappa shape index (κ1) is 16.3. The molecule has 0 unspecified atom stereocenters. The van der Waals surface area contributed by atoms with Crippen molar-refractivity contribution in [2.45, 2.75) is 57.6 Å². The minimum atomic E-state index is -0.0754. The lowest BCUT2D eigenvalue weighted by Crippen LogP contribution is -2.66. The lowest BCUT2D eigenvalue weighted by atomic mass is 9.54. The lowest BCUT2D eigenvalue weighted by Gasteiger charge is -2.60. The van der Waals surface area contributed by atoms with Crippen LogP contribution in [0.25, 0.3) is 0 Å². The second-order valence-electron chi connectivity index (χ2n) is 6.91. The molecule has 2 aliphatic rings. The van der Waals surface area contributed by atoms with Crippen molar-refractivity contribution >= 4 is 11.8 Å². The van der Waals surface area contributed by atoms with Gasteiger partial charge in [0, 0.05) is 44.4 Å². The largest absolute Gasteiger partial charge is 0.378 e. The Morgan fingerprint density at radius 1 is 1.48 bits per heavy atom. The molecule has 2 amide bonds. The average molecular weight is 320 g/mol. The van der Waals surface area contributed by atoms with E-state index in [2.05, 4.69) is 17.3 Å². The lowest BCUT2D eigenvalue weighted by molar-refractivity contribution is -0.169. The van der Waals surface area contributed by atoms with Gasteiger partial charge in [0.25, 0.3) is 0 Å². The average Bonchev–Trinajstić information content (AvgIpc) is 2.96. The zero-order valence-corrected chi connectivity index (χ0v) is 14.4. The molecule has 1 N–H and O–H groups in total. The first-order valence-corrected chi connectivity index (χ1v) is 8.72. The van der Waals surface area contributed by atoms with E-state index in [4.69, 9.17) is 4.74 Å². The van der Waals surface area contributed by atoms with Crippen LogP contribution in [0.1, 0.15) is 45.4 Å². The Morgan fingerprint density at radius 3 is 2.83 bits per heavy atom. The number of carbonyl (C=O) groups excluding carboxylic acids is 1. The van der Waals surface area contributed by atoms with Crippen molar-refractivity contribution in [2.24, 2.45) is 12.5 Å². The predicted molar refractivity (Wildman–Crippen MR) is 89.3 cm³/mol. The number of rotatable bonds is 4. The summed E-state index contributed by atoms with van der Waals surface area (Å²) in [5.74, 6) is 0.600. The van der Waals surface area contributed by atoms with Gasteiger partial charge in [0.05, 0.1) is 6.10 Å². The van der Waals surface area contributed by atoms with Crippen molar-refractivity contribution in [2.75, 3.05) is 19.0 Å². The molecule has 0 radical (unpaired) electrons. The first-order chi connectivity index (χ1) is 11.1. The van der Waals surface area contributed by atoms with E-state index in [-0.39, 0.29) is 17.5 Å². The van der Waals surface area contributed by atoms with Crippen LogP contribution in [0.15, 0.2) is 12.3 Å². The third kappa shape index (κ3) is 2.96. The number of amides is 2. The summed E-state index contributed by atoms with van der Waals surface area (Å²) >= 11 is 0. The maximum atomic E-state index is 12.6. The molecule has 2 aliphatic carbocycles. The number of urea groups is 1. The molecule has 1 aromatic rings. The molecule has 2 atom stereocenters. The van der Waals surface area contributed by atoms with Gasteiger partial charge in [0.15, 0.2) is 5.82 Å². The van der Waals surface area contributed by atoms with Crippen LogP contribution in [-0.4, -0.2) is 46.5 Å². The first-order valence-electron chi connectivity index (χ1n) is 8.72. The Hall–Kier alpha value is -1.56. The maximum Gasteiger partial charge on any atom is 0.323 e. The zero-order valence-electron chi connectivity index (χ0n) is 14.4. The Morgan fingerprint density at radius 2 is 2.22 bits per heavy atom. The van der Waals surface area contributed by atoms with Gasteiger partial charge in [-0.1, -0.05) is 19.3 Å². The molecule has 0 saturated heterocycles. The number of anilines is 1. The number of nitrogens with zero attached hydrogens (tertiary/aromatic N) is 3. The van der Waals surface area contributed by atoms with Crippen LogP contribution in [0.2, 0.25) is 0 Å². The second kappa shape index (κ2) is 6.51. The number of aryl methyl sites for hydroxylation is 1. The molecule has 128 valence electrons. The molecule has 1 spiro atoms. The molecule has 0 aromatic carbocycles. The zero-order chi connectivity index (χ0) is 16.4. The van der Waals surface area contributed by atoms with Crippen LogP contribution in [0.4, 0.5) is 10.6 Å². The van der Waals surface area contributed by atoms with Gasteiger partial charge in [-0.2, -0.15) is 5.10 Å². The molecule has 2 saturated carbocycles. The highest BCUT2D eigenvalue weighted by molar-refractivity contribution is 5.88. The Kier molecular flexibility index (Phi) is 4.62. The van der Waals surface area contributed by atoms with Crippen LogP contribution in [0.5, 0.6) is 0 Å². The Bertz CT molecular complexity index is 551. The topological polar surface area (TPSA) is 59.4 Å². The van der Waals surface area contributed by atoms with E-state index in [0.29, 0.717) is 11.9 Å². The number of hydrogen-bond donors (Lipinski definition) is 1. The SMILES string of the molecule is CCO[C@H]1C[C@@H](N(C)C(=O)Nc2ccn(C)n2)C12CCCCC2. The molecule has 23 heavy (non-hydrogen) atoms. The number of hydrogen-bond acceptors (Lipinski definition) is 3. The summed E-state index contributed by atoms with van der Waals surface area (Å²) in [7, 11) is 3.75. The fourth-order valence-corrected chi connectivity index (χ4v) is 4.39. The molecule has 2 fully saturated rings. The third-order valence-electron chi connectivity index (χ3n) is 5.63. The molecular formula is C17H28N4O2. The maximum absolute atomic E-state index is 12.6. The smallest absolute Gasteiger partial charge is 0.323 e. The number of nitrogens with one attached hydrogen (secondary N) is 1. The van der Waals surface area contributed by atoms with E-state index in [1.54, 1.807) is 4.68 Å².